The zero-order chi connectivity index (χ0) is 35.0. The number of nitrogen functional groups attached to an aromatic ring is 1. The molecule has 258 valence electrons. The maximum atomic E-state index is 15.1. The highest BCUT2D eigenvalue weighted by atomic mass is 32.2. The van der Waals surface area contributed by atoms with Gasteiger partial charge >= 0.3 is 0 Å². The van der Waals surface area contributed by atoms with Crippen LogP contribution in [0.5, 0.6) is 0 Å². The van der Waals surface area contributed by atoms with E-state index in [4.69, 9.17) is 36.8 Å². The normalized spacial score (nSPS) is 21.0. The highest BCUT2D eigenvalue weighted by molar-refractivity contribution is 8.26. The molecule has 3 aliphatic rings. The Kier molecular flexibility index (Phi) is 10.0. The summed E-state index contributed by atoms with van der Waals surface area (Å²) in [5, 5.41) is 31.8. The first-order chi connectivity index (χ1) is 23.5. The highest BCUT2D eigenvalue weighted by Crippen LogP contribution is 2.44. The summed E-state index contributed by atoms with van der Waals surface area (Å²) in [4.78, 5) is 7.57. The number of nitrogens with zero attached hydrogens (tertiary/aromatic N) is 3. The molecular weight excluding hydrogens is 660 g/mol. The van der Waals surface area contributed by atoms with Crippen molar-refractivity contribution in [2.75, 3.05) is 32.0 Å². The number of amidine groups is 1. The van der Waals surface area contributed by atoms with E-state index >= 15 is 4.39 Å². The van der Waals surface area contributed by atoms with Crippen LogP contribution in [0.1, 0.15) is 68.7 Å². The monoisotopic (exact) mass is 702 g/mol. The molecule has 7 N–H and O–H groups in total. The van der Waals surface area contributed by atoms with Gasteiger partial charge in [-0.05, 0) is 89.0 Å². The van der Waals surface area contributed by atoms with E-state index in [0.29, 0.717) is 54.0 Å². The molecule has 3 aliphatic heterocycles. The van der Waals surface area contributed by atoms with Crippen LogP contribution in [0, 0.1) is 33.9 Å². The lowest BCUT2D eigenvalue weighted by Gasteiger charge is -2.31. The minimum absolute atomic E-state index is 0.0281. The Balaban J connectivity index is 1.54. The number of thiophene rings is 1. The van der Waals surface area contributed by atoms with E-state index in [9.17, 15) is 5.26 Å². The van der Waals surface area contributed by atoms with Crippen LogP contribution in [0.2, 0.25) is 0 Å². The third-order valence-electron chi connectivity index (χ3n) is 9.83. The number of benzene rings is 2. The predicted molar refractivity (Wildman–Crippen MR) is 199 cm³/mol. The van der Waals surface area contributed by atoms with E-state index in [2.05, 4.69) is 36.7 Å². The fourth-order valence-electron chi connectivity index (χ4n) is 7.95. The molecular formula is C36H43FN8O2S2. The fraction of sp³-hybridized carbons (Fsp3) is 0.444. The van der Waals surface area contributed by atoms with Gasteiger partial charge in [0.2, 0.25) is 0 Å². The number of anilines is 1. The number of hydrogen-bond donors (Lipinski definition) is 5. The zero-order valence-electron chi connectivity index (χ0n) is 28.2. The van der Waals surface area contributed by atoms with Crippen molar-refractivity contribution >= 4 is 66.7 Å². The summed E-state index contributed by atoms with van der Waals surface area (Å²) in [5.74, 6) is 1.19. The van der Waals surface area contributed by atoms with Crippen molar-refractivity contribution in [2.45, 2.75) is 71.6 Å². The number of nitrogens with two attached hydrogens (primary N) is 2. The van der Waals surface area contributed by atoms with E-state index < -0.39 is 5.82 Å². The number of halogens is 1. The standard InChI is InChI=1S/C36H43FN8O2S2/c1-5-7-22-20(3)29(25-16-46-17-26(25)30(22)23-8-9-27(37)32-31(23)24(13-38)33(40)49-32)34(43-14-28(39)48-35(41)42)44-21(4)47-18-36-10-6-11-45(36)15-19(2)12-36/h8-9,19,39,43H,3,5-7,10-12,14-18,40H2,1-2,4H3,(H3,41,42)/b34-29+,39-28?,44-21+. The SMILES string of the molecule is C=c1c(CCC)c(-c2ccc(F)c3sc(N)c(C#N)c23)c2c(/c1=C(/N=C(\C)OCC13CCCN1CC(C)C3)NCC(=N)SC(=N)N)COC2. The molecule has 0 spiro atoms. The van der Waals surface area contributed by atoms with E-state index in [1.807, 2.05) is 6.92 Å². The summed E-state index contributed by atoms with van der Waals surface area (Å²) in [6.45, 7) is 14.3. The minimum Gasteiger partial charge on any atom is -0.479 e. The van der Waals surface area contributed by atoms with Crippen LogP contribution in [0.25, 0.3) is 33.6 Å². The summed E-state index contributed by atoms with van der Waals surface area (Å²) in [5.41, 5.74) is 16.5. The molecule has 0 aliphatic carbocycles. The largest absolute Gasteiger partial charge is 0.479 e. The Labute approximate surface area is 294 Å². The minimum atomic E-state index is -0.420. The van der Waals surface area contributed by atoms with Gasteiger partial charge in [0, 0.05) is 24.1 Å². The Bertz CT molecular complexity index is 2040. The Hall–Kier alpha value is -3.96. The number of ether oxygens (including phenoxy) is 2. The zero-order valence-corrected chi connectivity index (χ0v) is 29.9. The summed E-state index contributed by atoms with van der Waals surface area (Å²) in [6, 6.07) is 5.37. The lowest BCUT2D eigenvalue weighted by Crippen LogP contribution is -2.43. The van der Waals surface area contributed by atoms with Crippen molar-refractivity contribution in [3.05, 3.63) is 50.6 Å². The molecule has 13 heteroatoms. The lowest BCUT2D eigenvalue weighted by molar-refractivity contribution is 0.106. The van der Waals surface area contributed by atoms with E-state index in [1.165, 1.54) is 12.5 Å². The second kappa shape index (κ2) is 14.1. The van der Waals surface area contributed by atoms with Gasteiger partial charge in [-0.2, -0.15) is 5.26 Å². The summed E-state index contributed by atoms with van der Waals surface area (Å²) in [7, 11) is 0. The Morgan fingerprint density at radius 3 is 2.86 bits per heavy atom. The van der Waals surface area contributed by atoms with E-state index in [-0.39, 0.29) is 32.9 Å². The average Bonchev–Trinajstić information content (AvgIpc) is 3.82. The number of rotatable bonds is 9. The quantitative estimate of drug-likeness (QED) is 0.151. The highest BCUT2D eigenvalue weighted by Gasteiger charge is 2.47. The number of thioether (sulfide) groups is 1. The maximum absolute atomic E-state index is 15.1. The number of hydrogen-bond acceptors (Lipinski definition) is 11. The van der Waals surface area contributed by atoms with Gasteiger partial charge in [0.1, 0.15) is 29.3 Å². The molecule has 0 radical (unpaired) electrons. The van der Waals surface area contributed by atoms with E-state index in [1.54, 1.807) is 6.07 Å². The molecule has 49 heavy (non-hydrogen) atoms. The molecule has 10 nitrogen and oxygen atoms in total. The molecule has 2 unspecified atom stereocenters. The summed E-state index contributed by atoms with van der Waals surface area (Å²) >= 11 is 1.95. The lowest BCUT2D eigenvalue weighted by atomic mass is 9.85. The number of nitriles is 1. The smallest absolute Gasteiger partial charge is 0.186 e. The van der Waals surface area contributed by atoms with Crippen LogP contribution in [0.3, 0.4) is 0 Å². The van der Waals surface area contributed by atoms with Gasteiger partial charge in [0.15, 0.2) is 11.1 Å². The molecule has 0 amide bonds. The summed E-state index contributed by atoms with van der Waals surface area (Å²) in [6.07, 6.45) is 4.84. The number of nitrogens with one attached hydrogen (secondary N) is 3. The van der Waals surface area contributed by atoms with Crippen LogP contribution in [0.15, 0.2) is 17.1 Å². The van der Waals surface area contributed by atoms with Crippen molar-refractivity contribution in [2.24, 2.45) is 16.6 Å². The molecule has 2 fully saturated rings. The Morgan fingerprint density at radius 2 is 2.12 bits per heavy atom. The fourth-order valence-corrected chi connectivity index (χ4v) is 9.31. The van der Waals surface area contributed by atoms with Crippen molar-refractivity contribution in [1.82, 2.24) is 10.2 Å². The number of aliphatic imine (C=N–C) groups is 1. The maximum Gasteiger partial charge on any atom is 0.186 e. The third-order valence-corrected chi connectivity index (χ3v) is 11.5. The van der Waals surface area contributed by atoms with Crippen LogP contribution in [0.4, 0.5) is 9.39 Å². The van der Waals surface area contributed by atoms with Gasteiger partial charge in [-0.25, -0.2) is 9.38 Å². The van der Waals surface area contributed by atoms with Gasteiger partial charge in [-0.1, -0.05) is 32.9 Å². The topological polar surface area (TPSA) is 170 Å². The van der Waals surface area contributed by atoms with Gasteiger partial charge in [0.25, 0.3) is 0 Å². The molecule has 3 aromatic rings. The van der Waals surface area contributed by atoms with Crippen molar-refractivity contribution in [3.8, 4) is 17.2 Å². The molecule has 2 saturated heterocycles. The first-order valence-corrected chi connectivity index (χ1v) is 18.3. The molecule has 6 rings (SSSR count). The first-order valence-electron chi connectivity index (χ1n) is 16.6. The van der Waals surface area contributed by atoms with E-state index in [0.717, 1.165) is 93.7 Å². The van der Waals surface area contributed by atoms with Crippen LogP contribution in [-0.2, 0) is 29.1 Å². The average molecular weight is 703 g/mol. The third kappa shape index (κ3) is 6.55. The first kappa shape index (κ1) is 34.9. The molecule has 4 heterocycles. The van der Waals surface area contributed by atoms with Gasteiger partial charge < -0.3 is 26.3 Å². The molecule has 0 saturated carbocycles. The molecule has 0 bridgehead atoms. The van der Waals surface area contributed by atoms with Crippen molar-refractivity contribution in [1.29, 1.82) is 16.1 Å². The van der Waals surface area contributed by atoms with Gasteiger partial charge in [-0.15, -0.1) is 11.3 Å². The number of fused-ring (bicyclic) bond motifs is 3. The van der Waals surface area contributed by atoms with Gasteiger partial charge in [-0.3, -0.25) is 15.7 Å². The van der Waals surface area contributed by atoms with Crippen LogP contribution in [-0.4, -0.2) is 52.8 Å². The predicted octanol–water partition coefficient (Wildman–Crippen LogP) is 5.12. The Morgan fingerprint density at radius 1 is 1.35 bits per heavy atom. The molecule has 2 aromatic carbocycles. The van der Waals surface area contributed by atoms with Crippen molar-refractivity contribution < 1.29 is 13.9 Å². The van der Waals surface area contributed by atoms with Crippen molar-refractivity contribution in [3.63, 3.8) is 0 Å². The van der Waals surface area contributed by atoms with Crippen LogP contribution < -0.4 is 27.2 Å². The molecule has 2 atom stereocenters. The van der Waals surface area contributed by atoms with Crippen LogP contribution >= 0.6 is 23.1 Å². The molecule has 1 aromatic heterocycles. The van der Waals surface area contributed by atoms with Gasteiger partial charge in [0.05, 0.1) is 40.6 Å². The second-order valence-corrected chi connectivity index (χ2v) is 15.4. The second-order valence-electron chi connectivity index (χ2n) is 13.3. The summed E-state index contributed by atoms with van der Waals surface area (Å²) < 4.78 is 28.0.